The van der Waals surface area contributed by atoms with Gasteiger partial charge < -0.3 is 4.90 Å². The maximum Gasteiger partial charge on any atom is 0.327 e. The van der Waals surface area contributed by atoms with Crippen molar-refractivity contribution in [3.05, 3.63) is 34.1 Å². The van der Waals surface area contributed by atoms with Gasteiger partial charge in [0.05, 0.1) is 4.92 Å². The third-order valence-electron chi connectivity index (χ3n) is 4.21. The highest BCUT2D eigenvalue weighted by molar-refractivity contribution is 5.64. The standard InChI is InChI=1S/C15H21FN2O2/c1-15(2,3)11-7-9-17(10-8-11)13-6-4-5-12(16)14(13)18(19)20/h4-6,11H,7-10H2,1-3H3. The van der Waals surface area contributed by atoms with Crippen LogP contribution in [0.15, 0.2) is 18.2 Å². The Hall–Kier alpha value is -1.65. The van der Waals surface area contributed by atoms with Crippen LogP contribution in [-0.2, 0) is 0 Å². The molecule has 0 aromatic heterocycles. The molecule has 1 saturated heterocycles. The van der Waals surface area contributed by atoms with E-state index in [0.29, 0.717) is 11.6 Å². The predicted octanol–water partition coefficient (Wildman–Crippen LogP) is 4.00. The molecule has 0 bridgehead atoms. The minimum absolute atomic E-state index is 0.250. The fourth-order valence-corrected chi connectivity index (χ4v) is 2.93. The zero-order valence-corrected chi connectivity index (χ0v) is 12.2. The van der Waals surface area contributed by atoms with Gasteiger partial charge in [-0.25, -0.2) is 0 Å². The van der Waals surface area contributed by atoms with E-state index in [1.54, 1.807) is 6.07 Å². The van der Waals surface area contributed by atoms with Gasteiger partial charge in [0.1, 0.15) is 5.69 Å². The summed E-state index contributed by atoms with van der Waals surface area (Å²) in [5, 5.41) is 11.0. The summed E-state index contributed by atoms with van der Waals surface area (Å²) in [6, 6.07) is 4.32. The van der Waals surface area contributed by atoms with Gasteiger partial charge in [-0.15, -0.1) is 0 Å². The van der Waals surface area contributed by atoms with Crippen molar-refractivity contribution in [3.8, 4) is 0 Å². The molecule has 4 nitrogen and oxygen atoms in total. The molecule has 1 aliphatic rings. The normalized spacial score (nSPS) is 17.3. The Labute approximate surface area is 118 Å². The highest BCUT2D eigenvalue weighted by Crippen LogP contribution is 2.38. The topological polar surface area (TPSA) is 46.4 Å². The van der Waals surface area contributed by atoms with Crippen molar-refractivity contribution in [2.24, 2.45) is 11.3 Å². The molecule has 0 unspecified atom stereocenters. The van der Waals surface area contributed by atoms with Crippen LogP contribution in [0.25, 0.3) is 0 Å². The van der Waals surface area contributed by atoms with Gasteiger partial charge in [-0.2, -0.15) is 4.39 Å². The average molecular weight is 280 g/mol. The molecule has 0 amide bonds. The van der Waals surface area contributed by atoms with Gasteiger partial charge in [-0.1, -0.05) is 26.8 Å². The molecule has 1 aromatic rings. The van der Waals surface area contributed by atoms with E-state index in [-0.39, 0.29) is 5.41 Å². The van der Waals surface area contributed by atoms with Crippen LogP contribution in [0.5, 0.6) is 0 Å². The molecule has 0 N–H and O–H groups in total. The van der Waals surface area contributed by atoms with Crippen molar-refractivity contribution in [1.29, 1.82) is 0 Å². The number of rotatable bonds is 2. The van der Waals surface area contributed by atoms with E-state index in [1.165, 1.54) is 6.07 Å². The number of benzene rings is 1. The number of hydrogen-bond acceptors (Lipinski definition) is 3. The third-order valence-corrected chi connectivity index (χ3v) is 4.21. The lowest BCUT2D eigenvalue weighted by atomic mass is 9.75. The predicted molar refractivity (Wildman–Crippen MR) is 77.4 cm³/mol. The van der Waals surface area contributed by atoms with E-state index in [4.69, 9.17) is 0 Å². The van der Waals surface area contributed by atoms with Gasteiger partial charge in [-0.3, -0.25) is 10.1 Å². The fourth-order valence-electron chi connectivity index (χ4n) is 2.93. The van der Waals surface area contributed by atoms with Gasteiger partial charge in [-0.05, 0) is 36.3 Å². The zero-order chi connectivity index (χ0) is 14.9. The van der Waals surface area contributed by atoms with E-state index in [1.807, 2.05) is 4.90 Å². The number of hydrogen-bond donors (Lipinski definition) is 0. The SMILES string of the molecule is CC(C)(C)C1CCN(c2cccc(F)c2[N+](=O)[O-])CC1. The van der Waals surface area contributed by atoms with E-state index < -0.39 is 16.4 Å². The maximum atomic E-state index is 13.7. The number of para-hydroxylation sites is 1. The van der Waals surface area contributed by atoms with E-state index in [2.05, 4.69) is 20.8 Å². The lowest BCUT2D eigenvalue weighted by Gasteiger charge is -2.39. The summed E-state index contributed by atoms with van der Waals surface area (Å²) in [5.74, 6) is -0.156. The van der Waals surface area contributed by atoms with Crippen molar-refractivity contribution >= 4 is 11.4 Å². The zero-order valence-electron chi connectivity index (χ0n) is 12.2. The van der Waals surface area contributed by atoms with Crippen LogP contribution in [0, 0.1) is 27.3 Å². The first-order valence-electron chi connectivity index (χ1n) is 6.98. The Balaban J connectivity index is 2.19. The monoisotopic (exact) mass is 280 g/mol. The molecule has 0 saturated carbocycles. The molecule has 5 heteroatoms. The lowest BCUT2D eigenvalue weighted by Crippen LogP contribution is -2.38. The number of nitrogens with zero attached hydrogens (tertiary/aromatic N) is 2. The summed E-state index contributed by atoms with van der Waals surface area (Å²) < 4.78 is 13.7. The quantitative estimate of drug-likeness (QED) is 0.607. The van der Waals surface area contributed by atoms with Gasteiger partial charge in [0, 0.05) is 13.1 Å². The van der Waals surface area contributed by atoms with Gasteiger partial charge in [0.15, 0.2) is 0 Å². The molecule has 0 aliphatic carbocycles. The Kier molecular flexibility index (Phi) is 3.97. The molecule has 1 heterocycles. The van der Waals surface area contributed by atoms with Crippen molar-refractivity contribution < 1.29 is 9.31 Å². The molecule has 110 valence electrons. The highest BCUT2D eigenvalue weighted by Gasteiger charge is 2.31. The first-order valence-corrected chi connectivity index (χ1v) is 6.98. The second-order valence-electron chi connectivity index (χ2n) is 6.49. The van der Waals surface area contributed by atoms with Gasteiger partial charge in [0.2, 0.25) is 5.82 Å². The largest absolute Gasteiger partial charge is 0.366 e. The van der Waals surface area contributed by atoms with Crippen molar-refractivity contribution in [2.75, 3.05) is 18.0 Å². The summed E-state index contributed by atoms with van der Waals surface area (Å²) in [5.41, 5.74) is 0.254. The van der Waals surface area contributed by atoms with Crippen LogP contribution in [0.3, 0.4) is 0 Å². The number of nitro benzene ring substituents is 1. The second kappa shape index (κ2) is 5.38. The van der Waals surface area contributed by atoms with E-state index >= 15 is 0 Å². The van der Waals surface area contributed by atoms with Crippen LogP contribution < -0.4 is 4.90 Å². The molecule has 1 aromatic carbocycles. The number of nitro groups is 1. The van der Waals surface area contributed by atoms with E-state index in [0.717, 1.165) is 32.0 Å². The molecule has 0 atom stereocenters. The first-order chi connectivity index (χ1) is 9.30. The third kappa shape index (κ3) is 2.92. The van der Waals surface area contributed by atoms with Crippen molar-refractivity contribution in [3.63, 3.8) is 0 Å². The molecule has 0 radical (unpaired) electrons. The maximum absolute atomic E-state index is 13.7. The lowest BCUT2D eigenvalue weighted by molar-refractivity contribution is -0.386. The average Bonchev–Trinajstić information content (AvgIpc) is 2.37. The summed E-state index contributed by atoms with van der Waals surface area (Å²) in [4.78, 5) is 12.4. The molecule has 2 rings (SSSR count). The molecule has 20 heavy (non-hydrogen) atoms. The Morgan fingerprint density at radius 2 is 1.90 bits per heavy atom. The van der Waals surface area contributed by atoms with Crippen molar-refractivity contribution in [2.45, 2.75) is 33.6 Å². The summed E-state index contributed by atoms with van der Waals surface area (Å²) >= 11 is 0. The molecule has 1 aliphatic heterocycles. The minimum Gasteiger partial charge on any atom is -0.366 e. The number of anilines is 1. The first kappa shape index (κ1) is 14.8. The molecular formula is C15H21FN2O2. The second-order valence-corrected chi connectivity index (χ2v) is 6.49. The summed E-state index contributed by atoms with van der Waals surface area (Å²) in [7, 11) is 0. The molecule has 1 fully saturated rings. The molecular weight excluding hydrogens is 259 g/mol. The van der Waals surface area contributed by atoms with Crippen LogP contribution in [0.2, 0.25) is 0 Å². The summed E-state index contributed by atoms with van der Waals surface area (Å²) in [6.07, 6.45) is 1.97. The fraction of sp³-hybridized carbons (Fsp3) is 0.600. The van der Waals surface area contributed by atoms with Gasteiger partial charge in [0.25, 0.3) is 0 Å². The minimum atomic E-state index is -0.759. The van der Waals surface area contributed by atoms with Crippen LogP contribution in [0.4, 0.5) is 15.8 Å². The smallest absolute Gasteiger partial charge is 0.327 e. The molecule has 0 spiro atoms. The van der Waals surface area contributed by atoms with Crippen LogP contribution in [0.1, 0.15) is 33.6 Å². The van der Waals surface area contributed by atoms with E-state index in [9.17, 15) is 14.5 Å². The summed E-state index contributed by atoms with van der Waals surface area (Å²) in [6.45, 7) is 8.15. The number of halogens is 1. The Morgan fingerprint density at radius 3 is 2.40 bits per heavy atom. The number of piperidine rings is 1. The van der Waals surface area contributed by atoms with Crippen LogP contribution in [-0.4, -0.2) is 18.0 Å². The highest BCUT2D eigenvalue weighted by atomic mass is 19.1. The van der Waals surface area contributed by atoms with Crippen molar-refractivity contribution in [1.82, 2.24) is 0 Å². The Morgan fingerprint density at radius 1 is 1.30 bits per heavy atom. The van der Waals surface area contributed by atoms with Crippen LogP contribution >= 0.6 is 0 Å². The Bertz CT molecular complexity index is 503. The van der Waals surface area contributed by atoms with Gasteiger partial charge >= 0.3 is 5.69 Å².